The molecule has 2 rings (SSSR count). The first-order chi connectivity index (χ1) is 10.7. The Labute approximate surface area is 131 Å². The number of carbonyl (C=O) groups is 1. The molecule has 0 aliphatic rings. The van der Waals surface area contributed by atoms with Gasteiger partial charge in [0.1, 0.15) is 11.5 Å². The minimum Gasteiger partial charge on any atom is -0.497 e. The molecule has 0 aromatic heterocycles. The minimum atomic E-state index is 0.0220. The predicted octanol–water partition coefficient (Wildman–Crippen LogP) is 2.95. The number of methoxy groups -OCH3 is 2. The molecule has 1 amide bonds. The highest BCUT2D eigenvalue weighted by Crippen LogP contribution is 2.25. The largest absolute Gasteiger partial charge is 0.497 e. The van der Waals surface area contributed by atoms with Crippen LogP contribution in [0.15, 0.2) is 48.5 Å². The van der Waals surface area contributed by atoms with Crippen LogP contribution in [0.4, 0.5) is 0 Å². The van der Waals surface area contributed by atoms with Crippen molar-refractivity contribution in [1.29, 1.82) is 0 Å². The summed E-state index contributed by atoms with van der Waals surface area (Å²) in [5.74, 6) is 1.56. The summed E-state index contributed by atoms with van der Waals surface area (Å²) in [4.78, 5) is 12.0. The molecule has 0 unspecified atom stereocenters. The van der Waals surface area contributed by atoms with Crippen molar-refractivity contribution in [3.05, 3.63) is 59.7 Å². The van der Waals surface area contributed by atoms with Gasteiger partial charge in [-0.05, 0) is 35.7 Å². The van der Waals surface area contributed by atoms with Crippen LogP contribution >= 0.6 is 0 Å². The molecule has 0 saturated carbocycles. The molecule has 22 heavy (non-hydrogen) atoms. The Morgan fingerprint density at radius 2 is 1.82 bits per heavy atom. The van der Waals surface area contributed by atoms with E-state index < -0.39 is 0 Å². The highest BCUT2D eigenvalue weighted by molar-refractivity contribution is 5.76. The monoisotopic (exact) mass is 299 g/mol. The van der Waals surface area contributed by atoms with Crippen molar-refractivity contribution in [2.75, 3.05) is 14.2 Å². The number of ether oxygens (including phenoxy) is 2. The van der Waals surface area contributed by atoms with Crippen LogP contribution in [0.1, 0.15) is 17.5 Å². The van der Waals surface area contributed by atoms with Crippen LogP contribution in [0.25, 0.3) is 0 Å². The fraction of sp³-hybridized carbons (Fsp3) is 0.278. The van der Waals surface area contributed by atoms with Crippen LogP contribution in [0.2, 0.25) is 0 Å². The summed E-state index contributed by atoms with van der Waals surface area (Å²) in [5.41, 5.74) is 2.06. The number of hydrogen-bond acceptors (Lipinski definition) is 3. The summed E-state index contributed by atoms with van der Waals surface area (Å²) in [6.45, 7) is 0.551. The van der Waals surface area contributed by atoms with Gasteiger partial charge in [-0.15, -0.1) is 0 Å². The average molecular weight is 299 g/mol. The molecule has 4 nitrogen and oxygen atoms in total. The second kappa shape index (κ2) is 8.08. The van der Waals surface area contributed by atoms with E-state index in [9.17, 15) is 4.79 Å². The standard InChI is InChI=1S/C18H21NO3/c1-21-16-9-10-17(22-2)15(12-16)8-11-18(20)19-13-14-6-4-3-5-7-14/h3-7,9-10,12H,8,11,13H2,1-2H3,(H,19,20). The van der Waals surface area contributed by atoms with Gasteiger partial charge >= 0.3 is 0 Å². The van der Waals surface area contributed by atoms with Crippen LogP contribution in [-0.2, 0) is 17.8 Å². The molecule has 4 heteroatoms. The molecule has 2 aromatic rings. The van der Waals surface area contributed by atoms with E-state index in [1.165, 1.54) is 0 Å². The van der Waals surface area contributed by atoms with Gasteiger partial charge in [0, 0.05) is 13.0 Å². The van der Waals surface area contributed by atoms with E-state index in [1.807, 2.05) is 48.5 Å². The molecule has 0 aliphatic carbocycles. The van der Waals surface area contributed by atoms with E-state index in [4.69, 9.17) is 9.47 Å². The van der Waals surface area contributed by atoms with Gasteiger partial charge in [0.25, 0.3) is 0 Å². The van der Waals surface area contributed by atoms with Crippen molar-refractivity contribution < 1.29 is 14.3 Å². The van der Waals surface area contributed by atoms with Gasteiger partial charge < -0.3 is 14.8 Å². The number of nitrogens with one attached hydrogen (secondary N) is 1. The Hall–Kier alpha value is -2.49. The third kappa shape index (κ3) is 4.52. The first-order valence-corrected chi connectivity index (χ1v) is 7.24. The summed E-state index contributed by atoms with van der Waals surface area (Å²) < 4.78 is 10.5. The second-order valence-corrected chi connectivity index (χ2v) is 4.94. The van der Waals surface area contributed by atoms with Crippen LogP contribution < -0.4 is 14.8 Å². The van der Waals surface area contributed by atoms with Crippen molar-refractivity contribution in [2.24, 2.45) is 0 Å². The molecule has 2 aromatic carbocycles. The van der Waals surface area contributed by atoms with E-state index in [0.717, 1.165) is 22.6 Å². The van der Waals surface area contributed by atoms with Gasteiger partial charge in [-0.25, -0.2) is 0 Å². The number of benzene rings is 2. The summed E-state index contributed by atoms with van der Waals surface area (Å²) >= 11 is 0. The van der Waals surface area contributed by atoms with Crippen LogP contribution in [0.5, 0.6) is 11.5 Å². The Kier molecular flexibility index (Phi) is 5.83. The lowest BCUT2D eigenvalue weighted by atomic mass is 10.1. The first-order valence-electron chi connectivity index (χ1n) is 7.24. The molecule has 0 spiro atoms. The van der Waals surface area contributed by atoms with Crippen LogP contribution in [0, 0.1) is 0 Å². The maximum Gasteiger partial charge on any atom is 0.220 e. The lowest BCUT2D eigenvalue weighted by Gasteiger charge is -2.10. The quantitative estimate of drug-likeness (QED) is 0.855. The number of amides is 1. The fourth-order valence-electron chi connectivity index (χ4n) is 2.21. The smallest absolute Gasteiger partial charge is 0.220 e. The van der Waals surface area contributed by atoms with Crippen LogP contribution in [-0.4, -0.2) is 20.1 Å². The van der Waals surface area contributed by atoms with Crippen molar-refractivity contribution in [3.8, 4) is 11.5 Å². The van der Waals surface area contributed by atoms with E-state index >= 15 is 0 Å². The van der Waals surface area contributed by atoms with Crippen molar-refractivity contribution in [1.82, 2.24) is 5.32 Å². The number of hydrogen-bond donors (Lipinski definition) is 1. The zero-order valence-electron chi connectivity index (χ0n) is 13.0. The number of rotatable bonds is 7. The maximum atomic E-state index is 12.0. The van der Waals surface area contributed by atoms with Crippen molar-refractivity contribution >= 4 is 5.91 Å². The van der Waals surface area contributed by atoms with Crippen LogP contribution in [0.3, 0.4) is 0 Å². The number of aryl methyl sites for hydroxylation is 1. The van der Waals surface area contributed by atoms with E-state index in [0.29, 0.717) is 19.4 Å². The van der Waals surface area contributed by atoms with E-state index in [-0.39, 0.29) is 5.91 Å². The summed E-state index contributed by atoms with van der Waals surface area (Å²) in [7, 11) is 3.25. The topological polar surface area (TPSA) is 47.6 Å². The van der Waals surface area contributed by atoms with Crippen molar-refractivity contribution in [2.45, 2.75) is 19.4 Å². The molecule has 0 atom stereocenters. The van der Waals surface area contributed by atoms with Gasteiger partial charge in [-0.2, -0.15) is 0 Å². The zero-order valence-corrected chi connectivity index (χ0v) is 13.0. The van der Waals surface area contributed by atoms with Gasteiger partial charge in [0.2, 0.25) is 5.91 Å². The molecule has 0 saturated heterocycles. The lowest BCUT2D eigenvalue weighted by molar-refractivity contribution is -0.121. The molecule has 0 radical (unpaired) electrons. The summed E-state index contributed by atoms with van der Waals surface area (Å²) in [6.07, 6.45) is 1.03. The Balaban J connectivity index is 1.88. The van der Waals surface area contributed by atoms with Gasteiger partial charge in [-0.1, -0.05) is 30.3 Å². The maximum absolute atomic E-state index is 12.0. The molecule has 0 bridgehead atoms. The predicted molar refractivity (Wildman–Crippen MR) is 86.2 cm³/mol. The van der Waals surface area contributed by atoms with Gasteiger partial charge in [-0.3, -0.25) is 4.79 Å². The fourth-order valence-corrected chi connectivity index (χ4v) is 2.21. The lowest BCUT2D eigenvalue weighted by Crippen LogP contribution is -2.23. The second-order valence-electron chi connectivity index (χ2n) is 4.94. The molecule has 0 aliphatic heterocycles. The van der Waals surface area contributed by atoms with Gasteiger partial charge in [0.15, 0.2) is 0 Å². The number of carbonyl (C=O) groups excluding carboxylic acids is 1. The third-order valence-corrected chi connectivity index (χ3v) is 3.44. The molecular formula is C18H21NO3. The Bertz CT molecular complexity index is 611. The molecule has 1 N–H and O–H groups in total. The average Bonchev–Trinajstić information content (AvgIpc) is 2.58. The van der Waals surface area contributed by atoms with E-state index in [2.05, 4.69) is 5.32 Å². The molecule has 0 heterocycles. The van der Waals surface area contributed by atoms with Crippen molar-refractivity contribution in [3.63, 3.8) is 0 Å². The highest BCUT2D eigenvalue weighted by atomic mass is 16.5. The Morgan fingerprint density at radius 3 is 2.50 bits per heavy atom. The third-order valence-electron chi connectivity index (χ3n) is 3.44. The minimum absolute atomic E-state index is 0.0220. The summed E-state index contributed by atoms with van der Waals surface area (Å²) in [5, 5.41) is 2.92. The van der Waals surface area contributed by atoms with Gasteiger partial charge in [0.05, 0.1) is 14.2 Å². The first kappa shape index (κ1) is 15.9. The molecular weight excluding hydrogens is 278 g/mol. The molecule has 116 valence electrons. The molecule has 0 fully saturated rings. The van der Waals surface area contributed by atoms with E-state index in [1.54, 1.807) is 14.2 Å². The highest BCUT2D eigenvalue weighted by Gasteiger charge is 2.08. The zero-order chi connectivity index (χ0) is 15.8. The normalized spacial score (nSPS) is 10.1. The summed E-state index contributed by atoms with van der Waals surface area (Å²) in [6, 6.07) is 15.5. The Morgan fingerprint density at radius 1 is 1.05 bits per heavy atom. The SMILES string of the molecule is COc1ccc(OC)c(CCC(=O)NCc2ccccc2)c1.